The molecule has 1 atom stereocenters. The zero-order valence-electron chi connectivity index (χ0n) is 8.30. The first-order valence-electron chi connectivity index (χ1n) is 4.89. The van der Waals surface area contributed by atoms with Crippen LogP contribution < -0.4 is 5.32 Å². The topological polar surface area (TPSA) is 12.0 Å². The van der Waals surface area contributed by atoms with Crippen LogP contribution in [0.4, 0.5) is 0 Å². The fourth-order valence-electron chi connectivity index (χ4n) is 2.05. The zero-order chi connectivity index (χ0) is 9.26. The third-order valence-corrected chi connectivity index (χ3v) is 2.92. The van der Waals surface area contributed by atoms with Gasteiger partial charge in [-0.15, -0.1) is 0 Å². The Morgan fingerprint density at radius 1 is 1.46 bits per heavy atom. The molecule has 67 valence electrons. The van der Waals surface area contributed by atoms with E-state index in [0.29, 0.717) is 5.94 Å². The first-order chi connectivity index (χ1) is 6.31. The van der Waals surface area contributed by atoms with Gasteiger partial charge in [-0.2, -0.15) is 0 Å². The number of likely N-dealkylation sites (N-methyl/N-ethyl adjacent to an activating group) is 1. The lowest BCUT2D eigenvalue weighted by molar-refractivity contribution is 0.698. The maximum Gasteiger partial charge on any atom is 0.138 e. The van der Waals surface area contributed by atoms with Gasteiger partial charge >= 0.3 is 0 Å². The van der Waals surface area contributed by atoms with Crippen molar-refractivity contribution in [1.82, 2.24) is 5.32 Å². The lowest BCUT2D eigenvalue weighted by Crippen LogP contribution is -2.38. The van der Waals surface area contributed by atoms with Crippen LogP contribution in [0, 0.1) is 6.92 Å². The highest BCUT2D eigenvalue weighted by atomic mass is 14.8. The Balaban J connectivity index is 2.31. The molecule has 1 aliphatic heterocycles. The Kier molecular flexibility index (Phi) is 2.41. The second-order valence-electron chi connectivity index (χ2n) is 3.75. The lowest BCUT2D eigenvalue weighted by Gasteiger charge is -2.24. The van der Waals surface area contributed by atoms with Gasteiger partial charge in [0.15, 0.2) is 0 Å². The number of aryl methyl sites for hydroxylation is 1. The minimum absolute atomic E-state index is 0.564. The molecule has 13 heavy (non-hydrogen) atoms. The minimum Gasteiger partial charge on any atom is -0.324 e. The van der Waals surface area contributed by atoms with Crippen LogP contribution in [0.25, 0.3) is 0 Å². The number of rotatable bonds is 1. The van der Waals surface area contributed by atoms with E-state index < -0.39 is 0 Å². The smallest absolute Gasteiger partial charge is 0.138 e. The van der Waals surface area contributed by atoms with Crippen LogP contribution >= 0.6 is 0 Å². The number of nitrogens with one attached hydrogen (secondary N) is 1. The summed E-state index contributed by atoms with van der Waals surface area (Å²) in [4.78, 5) is 0. The van der Waals surface area contributed by atoms with E-state index in [-0.39, 0.29) is 0 Å². The van der Waals surface area contributed by atoms with Crippen molar-refractivity contribution in [3.05, 3.63) is 34.9 Å². The fourth-order valence-corrected chi connectivity index (χ4v) is 2.05. The summed E-state index contributed by atoms with van der Waals surface area (Å²) in [6, 6.07) is 6.61. The highest BCUT2D eigenvalue weighted by molar-refractivity contribution is 6.38. The second kappa shape index (κ2) is 3.55. The van der Waals surface area contributed by atoms with Gasteiger partial charge in [-0.3, -0.25) is 0 Å². The van der Waals surface area contributed by atoms with Gasteiger partial charge in [-0.25, -0.2) is 0 Å². The molecule has 0 saturated heterocycles. The third-order valence-electron chi connectivity index (χ3n) is 2.92. The Hall–Kier alpha value is -0.755. The Morgan fingerprint density at radius 2 is 2.31 bits per heavy atom. The summed E-state index contributed by atoms with van der Waals surface area (Å²) >= 11 is 0. The molecule has 1 aromatic carbocycles. The van der Waals surface area contributed by atoms with Crippen LogP contribution in [-0.2, 0) is 12.7 Å². The molecule has 0 aromatic heterocycles. The molecule has 2 rings (SSSR count). The molecule has 2 heteroatoms. The molecular formula is C11H15BN. The minimum atomic E-state index is 0.564. The van der Waals surface area contributed by atoms with Crippen molar-refractivity contribution in [3.63, 3.8) is 0 Å². The van der Waals surface area contributed by atoms with E-state index in [4.69, 9.17) is 0 Å². The highest BCUT2D eigenvalue weighted by Gasteiger charge is 2.18. The van der Waals surface area contributed by atoms with E-state index in [1.165, 1.54) is 16.7 Å². The van der Waals surface area contributed by atoms with Crippen LogP contribution in [0.1, 0.15) is 16.7 Å². The molecule has 1 heterocycles. The molecule has 0 bridgehead atoms. The van der Waals surface area contributed by atoms with Gasteiger partial charge in [0.25, 0.3) is 0 Å². The van der Waals surface area contributed by atoms with E-state index in [0.717, 1.165) is 12.7 Å². The molecule has 1 nitrogen and oxygen atoms in total. The Labute approximate surface area is 80.8 Å². The van der Waals surface area contributed by atoms with Crippen molar-refractivity contribution in [2.24, 2.45) is 0 Å². The predicted octanol–water partition coefficient (Wildman–Crippen LogP) is 1.30. The van der Waals surface area contributed by atoms with Crippen molar-refractivity contribution in [2.75, 3.05) is 7.05 Å². The first-order valence-corrected chi connectivity index (χ1v) is 4.89. The molecule has 0 saturated carbocycles. The van der Waals surface area contributed by atoms with Crippen LogP contribution in [-0.4, -0.2) is 20.3 Å². The number of benzene rings is 1. The summed E-state index contributed by atoms with van der Waals surface area (Å²) in [5, 5.41) is 3.31. The van der Waals surface area contributed by atoms with Crippen molar-refractivity contribution in [2.45, 2.75) is 25.6 Å². The van der Waals surface area contributed by atoms with Gasteiger partial charge < -0.3 is 5.32 Å². The van der Waals surface area contributed by atoms with E-state index in [1.807, 2.05) is 7.05 Å². The average Bonchev–Trinajstić information content (AvgIpc) is 2.18. The van der Waals surface area contributed by atoms with Gasteiger partial charge in [0.2, 0.25) is 0 Å². The summed E-state index contributed by atoms with van der Waals surface area (Å²) in [5.41, 5.74) is 4.49. The van der Waals surface area contributed by atoms with E-state index >= 15 is 0 Å². The number of fused-ring (bicyclic) bond motifs is 1. The largest absolute Gasteiger partial charge is 0.324 e. The molecule has 1 unspecified atom stereocenters. The number of hydrogen-bond donors (Lipinski definition) is 1. The fraction of sp³-hybridized carbons (Fsp3) is 0.455. The first kappa shape index (κ1) is 8.83. The monoisotopic (exact) mass is 172 g/mol. The predicted molar refractivity (Wildman–Crippen MR) is 57.2 cm³/mol. The SMILES string of the molecule is CNC1[B]Cc2c(C)cccc2C1. The Morgan fingerprint density at radius 3 is 3.08 bits per heavy atom. The Bertz CT molecular complexity index is 309. The second-order valence-corrected chi connectivity index (χ2v) is 3.75. The third kappa shape index (κ3) is 1.64. The van der Waals surface area contributed by atoms with E-state index in [2.05, 4.69) is 37.7 Å². The molecule has 0 aliphatic carbocycles. The molecule has 0 fully saturated rings. The maximum atomic E-state index is 3.31. The highest BCUT2D eigenvalue weighted by Crippen LogP contribution is 2.20. The van der Waals surface area contributed by atoms with Crippen LogP contribution in [0.2, 0.25) is 0 Å². The van der Waals surface area contributed by atoms with Crippen molar-refractivity contribution >= 4 is 7.28 Å². The van der Waals surface area contributed by atoms with Crippen LogP contribution in [0.15, 0.2) is 18.2 Å². The molecule has 1 aliphatic rings. The van der Waals surface area contributed by atoms with Gasteiger partial charge in [0, 0.05) is 0 Å². The van der Waals surface area contributed by atoms with Crippen LogP contribution in [0.3, 0.4) is 0 Å². The summed E-state index contributed by atoms with van der Waals surface area (Å²) < 4.78 is 0. The van der Waals surface area contributed by atoms with Gasteiger partial charge in [-0.1, -0.05) is 24.5 Å². The average molecular weight is 172 g/mol. The zero-order valence-corrected chi connectivity index (χ0v) is 8.30. The standard InChI is InChI=1S/C11H15BN/c1-8-4-3-5-9-6-11(13-2)12-7-10(8)9/h3-5,11,13H,6-7H2,1-2H3. The maximum absolute atomic E-state index is 3.31. The van der Waals surface area contributed by atoms with Crippen LogP contribution in [0.5, 0.6) is 0 Å². The molecule has 0 spiro atoms. The van der Waals surface area contributed by atoms with E-state index in [1.54, 1.807) is 0 Å². The molecule has 1 N–H and O–H groups in total. The summed E-state index contributed by atoms with van der Waals surface area (Å²) in [5.74, 6) is 0.564. The van der Waals surface area contributed by atoms with Crippen molar-refractivity contribution in [1.29, 1.82) is 0 Å². The van der Waals surface area contributed by atoms with Crippen molar-refractivity contribution in [3.8, 4) is 0 Å². The summed E-state index contributed by atoms with van der Waals surface area (Å²) in [6.07, 6.45) is 2.26. The molecule has 0 amide bonds. The van der Waals surface area contributed by atoms with Gasteiger partial charge in [0.05, 0.1) is 0 Å². The summed E-state index contributed by atoms with van der Waals surface area (Å²) in [7, 11) is 4.40. The molecule has 1 aromatic rings. The molecular weight excluding hydrogens is 157 g/mol. The summed E-state index contributed by atoms with van der Waals surface area (Å²) in [6.45, 7) is 2.20. The molecule has 1 radical (unpaired) electrons. The lowest BCUT2D eigenvalue weighted by atomic mass is 9.58. The normalized spacial score (nSPS) is 20.6. The van der Waals surface area contributed by atoms with E-state index in [9.17, 15) is 0 Å². The van der Waals surface area contributed by atoms with Gasteiger partial charge in [-0.05, 0) is 43.0 Å². The van der Waals surface area contributed by atoms with Gasteiger partial charge in [0.1, 0.15) is 7.28 Å². The quantitative estimate of drug-likeness (QED) is 0.629. The van der Waals surface area contributed by atoms with Crippen molar-refractivity contribution < 1.29 is 0 Å². The number of hydrogen-bond acceptors (Lipinski definition) is 1.